The lowest BCUT2D eigenvalue weighted by atomic mass is 9.94. The molecule has 4 heteroatoms. The first kappa shape index (κ1) is 17.5. The first-order chi connectivity index (χ1) is 13.6. The van der Waals surface area contributed by atoms with Crippen LogP contribution in [0.3, 0.4) is 0 Å². The van der Waals surface area contributed by atoms with E-state index in [1.165, 1.54) is 0 Å². The van der Waals surface area contributed by atoms with E-state index in [1.54, 1.807) is 0 Å². The summed E-state index contributed by atoms with van der Waals surface area (Å²) in [4.78, 5) is 0. The van der Waals surface area contributed by atoms with Crippen molar-refractivity contribution in [3.8, 4) is 33.8 Å². The summed E-state index contributed by atoms with van der Waals surface area (Å²) < 4.78 is 5.89. The molecule has 0 saturated heterocycles. The molecule has 0 aliphatic carbocycles. The Morgan fingerprint density at radius 1 is 0.536 bits per heavy atom. The van der Waals surface area contributed by atoms with E-state index in [0.717, 1.165) is 33.7 Å². The summed E-state index contributed by atoms with van der Waals surface area (Å²) in [6, 6.07) is 29.1. The van der Waals surface area contributed by atoms with Gasteiger partial charge in [-0.25, -0.2) is 0 Å². The maximum absolute atomic E-state index is 6.06. The number of ether oxygens (including phenoxy) is 1. The minimum Gasteiger partial charge on any atom is -0.455 e. The number of anilines is 3. The van der Waals surface area contributed by atoms with Crippen molar-refractivity contribution in [1.82, 2.24) is 0 Å². The third-order valence-electron chi connectivity index (χ3n) is 4.58. The first-order valence-corrected chi connectivity index (χ1v) is 8.98. The molecule has 0 spiro atoms. The van der Waals surface area contributed by atoms with Crippen molar-refractivity contribution in [1.29, 1.82) is 0 Å². The molecular formula is C24H21N3O. The maximum atomic E-state index is 6.06. The Hall–Kier alpha value is -3.92. The van der Waals surface area contributed by atoms with Gasteiger partial charge in [0, 0.05) is 11.4 Å². The van der Waals surface area contributed by atoms with Gasteiger partial charge >= 0.3 is 0 Å². The van der Waals surface area contributed by atoms with Crippen LogP contribution in [0.25, 0.3) is 22.3 Å². The van der Waals surface area contributed by atoms with Crippen LogP contribution in [0.5, 0.6) is 11.5 Å². The minimum absolute atomic E-state index is 0.605. The second kappa shape index (κ2) is 7.37. The van der Waals surface area contributed by atoms with Gasteiger partial charge in [0.1, 0.15) is 11.5 Å². The largest absolute Gasteiger partial charge is 0.455 e. The number of hydrogen-bond donors (Lipinski definition) is 3. The van der Waals surface area contributed by atoms with Crippen LogP contribution in [-0.4, -0.2) is 0 Å². The van der Waals surface area contributed by atoms with Crippen molar-refractivity contribution >= 4 is 17.1 Å². The quantitative estimate of drug-likeness (QED) is 0.412. The SMILES string of the molecule is Nc1ccc(-c2ccc(N)cc2-c2ccc(Oc3ccccc3N)cc2)cc1. The van der Waals surface area contributed by atoms with Crippen molar-refractivity contribution in [3.63, 3.8) is 0 Å². The number of para-hydroxylation sites is 2. The molecule has 28 heavy (non-hydrogen) atoms. The molecule has 4 nitrogen and oxygen atoms in total. The van der Waals surface area contributed by atoms with Gasteiger partial charge in [-0.15, -0.1) is 0 Å². The number of benzene rings is 4. The molecule has 0 fully saturated rings. The molecule has 4 rings (SSSR count). The zero-order valence-corrected chi connectivity index (χ0v) is 15.3. The molecule has 0 aromatic heterocycles. The Bertz CT molecular complexity index is 1100. The van der Waals surface area contributed by atoms with Gasteiger partial charge in [0.25, 0.3) is 0 Å². The van der Waals surface area contributed by atoms with Crippen LogP contribution in [0, 0.1) is 0 Å². The van der Waals surface area contributed by atoms with Gasteiger partial charge in [-0.1, -0.05) is 42.5 Å². The monoisotopic (exact) mass is 367 g/mol. The van der Waals surface area contributed by atoms with Gasteiger partial charge in [-0.05, 0) is 70.8 Å². The summed E-state index contributed by atoms with van der Waals surface area (Å²) >= 11 is 0. The normalized spacial score (nSPS) is 10.6. The Morgan fingerprint density at radius 3 is 1.86 bits per heavy atom. The minimum atomic E-state index is 0.605. The Balaban J connectivity index is 1.68. The van der Waals surface area contributed by atoms with Crippen LogP contribution < -0.4 is 21.9 Å². The van der Waals surface area contributed by atoms with Crippen molar-refractivity contribution < 1.29 is 4.74 Å². The summed E-state index contributed by atoms with van der Waals surface area (Å²) in [6.45, 7) is 0. The van der Waals surface area contributed by atoms with Crippen molar-refractivity contribution in [2.24, 2.45) is 0 Å². The second-order valence-electron chi connectivity index (χ2n) is 6.59. The highest BCUT2D eigenvalue weighted by atomic mass is 16.5. The summed E-state index contributed by atoms with van der Waals surface area (Å²) in [6.07, 6.45) is 0. The Labute approximate surface area is 164 Å². The van der Waals surface area contributed by atoms with E-state index >= 15 is 0 Å². The topological polar surface area (TPSA) is 87.3 Å². The second-order valence-corrected chi connectivity index (χ2v) is 6.59. The smallest absolute Gasteiger partial charge is 0.150 e. The molecular weight excluding hydrogens is 346 g/mol. The molecule has 4 aromatic carbocycles. The maximum Gasteiger partial charge on any atom is 0.150 e. The predicted molar refractivity (Wildman–Crippen MR) is 117 cm³/mol. The third kappa shape index (κ3) is 3.62. The van der Waals surface area contributed by atoms with Gasteiger partial charge in [-0.3, -0.25) is 0 Å². The Morgan fingerprint density at radius 2 is 1.14 bits per heavy atom. The molecule has 0 amide bonds. The average Bonchev–Trinajstić information content (AvgIpc) is 2.71. The molecule has 0 aliphatic heterocycles. The van der Waals surface area contributed by atoms with Gasteiger partial charge in [0.2, 0.25) is 0 Å². The summed E-state index contributed by atoms with van der Waals surface area (Å²) in [5, 5.41) is 0. The highest BCUT2D eigenvalue weighted by Gasteiger charge is 2.09. The lowest BCUT2D eigenvalue weighted by Gasteiger charge is -2.13. The molecule has 0 aliphatic rings. The number of nitrogen functional groups attached to an aromatic ring is 3. The molecule has 0 bridgehead atoms. The lowest BCUT2D eigenvalue weighted by Crippen LogP contribution is -1.92. The van der Waals surface area contributed by atoms with Gasteiger partial charge < -0.3 is 21.9 Å². The molecule has 0 unspecified atom stereocenters. The van der Waals surface area contributed by atoms with Crippen LogP contribution in [0.4, 0.5) is 17.1 Å². The molecule has 0 saturated carbocycles. The first-order valence-electron chi connectivity index (χ1n) is 8.98. The molecule has 0 atom stereocenters. The molecule has 0 heterocycles. The predicted octanol–water partition coefficient (Wildman–Crippen LogP) is 5.56. The highest BCUT2D eigenvalue weighted by Crippen LogP contribution is 2.35. The molecule has 4 aromatic rings. The molecule has 0 radical (unpaired) electrons. The van der Waals surface area contributed by atoms with Gasteiger partial charge in [-0.2, -0.15) is 0 Å². The number of hydrogen-bond acceptors (Lipinski definition) is 4. The average molecular weight is 367 g/mol. The highest BCUT2D eigenvalue weighted by molar-refractivity contribution is 5.86. The van der Waals surface area contributed by atoms with Crippen LogP contribution >= 0.6 is 0 Å². The summed E-state index contributed by atoms with van der Waals surface area (Å²) in [5.41, 5.74) is 24.2. The molecule has 6 N–H and O–H groups in total. The van der Waals surface area contributed by atoms with E-state index in [-0.39, 0.29) is 0 Å². The fraction of sp³-hybridized carbons (Fsp3) is 0. The number of nitrogens with two attached hydrogens (primary N) is 3. The van der Waals surface area contributed by atoms with Crippen LogP contribution in [-0.2, 0) is 0 Å². The standard InChI is InChI=1S/C24H21N3O/c25-18-9-5-16(6-10-18)21-14-11-19(26)15-22(21)17-7-12-20(13-8-17)28-24-4-2-1-3-23(24)27/h1-15H,25-27H2. The van der Waals surface area contributed by atoms with Gasteiger partial charge in [0.15, 0.2) is 0 Å². The van der Waals surface area contributed by atoms with E-state index in [0.29, 0.717) is 17.1 Å². The zero-order valence-electron chi connectivity index (χ0n) is 15.3. The van der Waals surface area contributed by atoms with Gasteiger partial charge in [0.05, 0.1) is 5.69 Å². The lowest BCUT2D eigenvalue weighted by molar-refractivity contribution is 0.485. The third-order valence-corrected chi connectivity index (χ3v) is 4.58. The summed E-state index contributed by atoms with van der Waals surface area (Å²) in [7, 11) is 0. The van der Waals surface area contributed by atoms with E-state index in [2.05, 4.69) is 0 Å². The zero-order chi connectivity index (χ0) is 19.5. The van der Waals surface area contributed by atoms with E-state index in [9.17, 15) is 0 Å². The van der Waals surface area contributed by atoms with Crippen LogP contribution in [0.1, 0.15) is 0 Å². The van der Waals surface area contributed by atoms with E-state index in [1.807, 2.05) is 91.0 Å². The summed E-state index contributed by atoms with van der Waals surface area (Å²) in [5.74, 6) is 1.36. The van der Waals surface area contributed by atoms with Crippen molar-refractivity contribution in [2.75, 3.05) is 17.2 Å². The van der Waals surface area contributed by atoms with Crippen molar-refractivity contribution in [3.05, 3.63) is 91.0 Å². The van der Waals surface area contributed by atoms with E-state index in [4.69, 9.17) is 21.9 Å². The Kier molecular flexibility index (Phi) is 4.60. The molecule has 138 valence electrons. The van der Waals surface area contributed by atoms with Crippen LogP contribution in [0.15, 0.2) is 91.0 Å². The number of rotatable bonds is 4. The van der Waals surface area contributed by atoms with Crippen molar-refractivity contribution in [2.45, 2.75) is 0 Å². The fourth-order valence-electron chi connectivity index (χ4n) is 3.12. The fourth-order valence-corrected chi connectivity index (χ4v) is 3.12. The van der Waals surface area contributed by atoms with E-state index < -0.39 is 0 Å². The van der Waals surface area contributed by atoms with Crippen LogP contribution in [0.2, 0.25) is 0 Å².